The van der Waals surface area contributed by atoms with Gasteiger partial charge < -0.3 is 9.53 Å². The van der Waals surface area contributed by atoms with Crippen LogP contribution in [0.4, 0.5) is 0 Å². The van der Waals surface area contributed by atoms with E-state index in [2.05, 4.69) is 16.8 Å². The molecule has 0 atom stereocenters. The summed E-state index contributed by atoms with van der Waals surface area (Å²) < 4.78 is 5.01. The van der Waals surface area contributed by atoms with E-state index < -0.39 is 0 Å². The van der Waals surface area contributed by atoms with E-state index in [0.717, 1.165) is 17.4 Å². The molecule has 0 aliphatic rings. The molecule has 1 aromatic heterocycles. The molecule has 1 rings (SSSR count). The number of methoxy groups -OCH3 is 1. The molecule has 3 heteroatoms. The normalized spacial score (nSPS) is 8.71. The molecule has 1 heterocycles. The van der Waals surface area contributed by atoms with Crippen LogP contribution in [-0.4, -0.2) is 18.4 Å². The molecule has 0 aliphatic heterocycles. The maximum atomic E-state index is 10.0. The van der Waals surface area contributed by atoms with Crippen molar-refractivity contribution in [3.63, 3.8) is 0 Å². The van der Waals surface area contributed by atoms with Gasteiger partial charge in [0.05, 0.1) is 13.5 Å². The minimum Gasteiger partial charge on any atom is -0.481 e. The van der Waals surface area contributed by atoms with Crippen LogP contribution in [0, 0.1) is 18.8 Å². The van der Waals surface area contributed by atoms with Crippen molar-refractivity contribution in [2.45, 2.75) is 13.3 Å². The van der Waals surface area contributed by atoms with Gasteiger partial charge in [0.25, 0.3) is 0 Å². The van der Waals surface area contributed by atoms with Crippen LogP contribution in [0.25, 0.3) is 0 Å². The van der Waals surface area contributed by atoms with Crippen LogP contribution in [-0.2, 0) is 4.79 Å². The zero-order valence-electron chi connectivity index (χ0n) is 8.20. The Labute approximate surface area is 83.1 Å². The third kappa shape index (κ3) is 2.60. The first kappa shape index (κ1) is 10.3. The van der Waals surface area contributed by atoms with Crippen LogP contribution >= 0.6 is 0 Å². The maximum Gasteiger partial charge on any atom is 0.215 e. The van der Waals surface area contributed by atoms with E-state index in [-0.39, 0.29) is 6.42 Å². The van der Waals surface area contributed by atoms with Crippen molar-refractivity contribution in [3.8, 4) is 17.7 Å². The SMILES string of the molecule is COc1ncc(C#CCC=O)cc1C. The average molecular weight is 189 g/mol. The molecule has 0 saturated heterocycles. The van der Waals surface area contributed by atoms with Gasteiger partial charge in [-0.1, -0.05) is 11.8 Å². The summed E-state index contributed by atoms with van der Waals surface area (Å²) in [6, 6.07) is 1.88. The molecule has 14 heavy (non-hydrogen) atoms. The number of carbonyl (C=O) groups is 1. The smallest absolute Gasteiger partial charge is 0.215 e. The van der Waals surface area contributed by atoms with E-state index in [1.807, 2.05) is 13.0 Å². The molecule has 0 radical (unpaired) electrons. The van der Waals surface area contributed by atoms with Crippen molar-refractivity contribution in [3.05, 3.63) is 23.4 Å². The molecule has 0 fully saturated rings. The lowest BCUT2D eigenvalue weighted by molar-refractivity contribution is -0.107. The lowest BCUT2D eigenvalue weighted by Crippen LogP contribution is -1.91. The molecule has 0 aliphatic carbocycles. The number of carbonyl (C=O) groups excluding carboxylic acids is 1. The molecule has 0 spiro atoms. The van der Waals surface area contributed by atoms with Crippen LogP contribution in [0.1, 0.15) is 17.5 Å². The minimum absolute atomic E-state index is 0.255. The monoisotopic (exact) mass is 189 g/mol. The second kappa shape index (κ2) is 5.03. The number of aryl methyl sites for hydroxylation is 1. The molecular weight excluding hydrogens is 178 g/mol. The Morgan fingerprint density at radius 2 is 2.43 bits per heavy atom. The highest BCUT2D eigenvalue weighted by Crippen LogP contribution is 2.13. The average Bonchev–Trinajstić information content (AvgIpc) is 2.18. The molecule has 0 saturated carbocycles. The summed E-state index contributed by atoms with van der Waals surface area (Å²) in [5.41, 5.74) is 1.73. The second-order valence-electron chi connectivity index (χ2n) is 2.72. The van der Waals surface area contributed by atoms with Gasteiger partial charge in [-0.05, 0) is 13.0 Å². The summed E-state index contributed by atoms with van der Waals surface area (Å²) in [4.78, 5) is 14.1. The second-order valence-corrected chi connectivity index (χ2v) is 2.72. The summed E-state index contributed by atoms with van der Waals surface area (Å²) in [6.07, 6.45) is 2.66. The highest BCUT2D eigenvalue weighted by molar-refractivity contribution is 5.55. The minimum atomic E-state index is 0.255. The van der Waals surface area contributed by atoms with Crippen molar-refractivity contribution in [2.75, 3.05) is 7.11 Å². The van der Waals surface area contributed by atoms with Crippen LogP contribution < -0.4 is 4.74 Å². The number of aldehydes is 1. The summed E-state index contributed by atoms with van der Waals surface area (Å²) in [7, 11) is 1.58. The third-order valence-corrected chi connectivity index (χ3v) is 1.64. The number of pyridine rings is 1. The molecular formula is C11H11NO2. The first-order chi connectivity index (χ1) is 6.77. The fourth-order valence-electron chi connectivity index (χ4n) is 1.04. The zero-order chi connectivity index (χ0) is 10.4. The Kier molecular flexibility index (Phi) is 3.69. The summed E-state index contributed by atoms with van der Waals surface area (Å²) in [6.45, 7) is 1.90. The van der Waals surface area contributed by atoms with Crippen LogP contribution in [0.3, 0.4) is 0 Å². The number of aromatic nitrogens is 1. The van der Waals surface area contributed by atoms with Gasteiger partial charge in [0.1, 0.15) is 6.29 Å². The summed E-state index contributed by atoms with van der Waals surface area (Å²) in [5.74, 6) is 6.16. The number of hydrogen-bond acceptors (Lipinski definition) is 3. The number of nitrogens with zero attached hydrogens (tertiary/aromatic N) is 1. The standard InChI is InChI=1S/C11H11NO2/c1-9-7-10(5-3-4-6-13)8-12-11(9)14-2/h6-8H,4H2,1-2H3. The Morgan fingerprint density at radius 3 is 3.00 bits per heavy atom. The summed E-state index contributed by atoms with van der Waals surface area (Å²) >= 11 is 0. The topological polar surface area (TPSA) is 39.2 Å². The van der Waals surface area contributed by atoms with Crippen LogP contribution in [0.5, 0.6) is 5.88 Å². The van der Waals surface area contributed by atoms with E-state index in [9.17, 15) is 4.79 Å². The predicted octanol–water partition coefficient (Wildman–Crippen LogP) is 1.34. The van der Waals surface area contributed by atoms with Crippen molar-refractivity contribution < 1.29 is 9.53 Å². The summed E-state index contributed by atoms with van der Waals surface area (Å²) in [5, 5.41) is 0. The van der Waals surface area contributed by atoms with Gasteiger partial charge in [0.15, 0.2) is 0 Å². The highest BCUT2D eigenvalue weighted by atomic mass is 16.5. The lowest BCUT2D eigenvalue weighted by atomic mass is 10.2. The van der Waals surface area contributed by atoms with E-state index in [1.165, 1.54) is 0 Å². The van der Waals surface area contributed by atoms with E-state index in [1.54, 1.807) is 13.3 Å². The van der Waals surface area contributed by atoms with E-state index in [0.29, 0.717) is 5.88 Å². The third-order valence-electron chi connectivity index (χ3n) is 1.64. The molecule has 0 amide bonds. The first-order valence-corrected chi connectivity index (χ1v) is 4.21. The molecule has 0 bridgehead atoms. The lowest BCUT2D eigenvalue weighted by Gasteiger charge is -2.01. The van der Waals surface area contributed by atoms with Gasteiger partial charge in [0, 0.05) is 17.3 Å². The van der Waals surface area contributed by atoms with Crippen LogP contribution in [0.15, 0.2) is 12.3 Å². The van der Waals surface area contributed by atoms with Gasteiger partial charge in [-0.25, -0.2) is 4.98 Å². The number of rotatable bonds is 2. The molecule has 1 aromatic rings. The first-order valence-electron chi connectivity index (χ1n) is 4.21. The van der Waals surface area contributed by atoms with Crippen molar-refractivity contribution in [2.24, 2.45) is 0 Å². The molecule has 0 N–H and O–H groups in total. The van der Waals surface area contributed by atoms with Crippen molar-refractivity contribution in [1.82, 2.24) is 4.98 Å². The quantitative estimate of drug-likeness (QED) is 0.520. The Bertz CT molecular complexity index is 388. The molecule has 0 aromatic carbocycles. The van der Waals surface area contributed by atoms with Crippen molar-refractivity contribution in [1.29, 1.82) is 0 Å². The fourth-order valence-corrected chi connectivity index (χ4v) is 1.04. The van der Waals surface area contributed by atoms with E-state index >= 15 is 0 Å². The Hall–Kier alpha value is -1.82. The largest absolute Gasteiger partial charge is 0.481 e. The molecule has 0 unspecified atom stereocenters. The Morgan fingerprint density at radius 1 is 1.64 bits per heavy atom. The van der Waals surface area contributed by atoms with Gasteiger partial charge in [-0.15, -0.1) is 0 Å². The zero-order valence-corrected chi connectivity index (χ0v) is 8.20. The predicted molar refractivity (Wildman–Crippen MR) is 53.1 cm³/mol. The fraction of sp³-hybridized carbons (Fsp3) is 0.273. The van der Waals surface area contributed by atoms with Crippen molar-refractivity contribution >= 4 is 6.29 Å². The maximum absolute atomic E-state index is 10.0. The van der Waals surface area contributed by atoms with Gasteiger partial charge in [-0.3, -0.25) is 0 Å². The van der Waals surface area contributed by atoms with Crippen LogP contribution in [0.2, 0.25) is 0 Å². The number of ether oxygens (including phenoxy) is 1. The number of hydrogen-bond donors (Lipinski definition) is 0. The molecule has 72 valence electrons. The van der Waals surface area contributed by atoms with E-state index in [4.69, 9.17) is 4.74 Å². The highest BCUT2D eigenvalue weighted by Gasteiger charge is 1.98. The molecule has 3 nitrogen and oxygen atoms in total. The van der Waals surface area contributed by atoms with Gasteiger partial charge in [0.2, 0.25) is 5.88 Å². The van der Waals surface area contributed by atoms with Gasteiger partial charge in [-0.2, -0.15) is 0 Å². The Balaban J connectivity index is 2.87. The van der Waals surface area contributed by atoms with Gasteiger partial charge >= 0.3 is 0 Å².